The molecule has 7 heteroatoms. The third-order valence-corrected chi connectivity index (χ3v) is 7.29. The lowest BCUT2D eigenvalue weighted by Gasteiger charge is -2.24. The van der Waals surface area contributed by atoms with Crippen LogP contribution in [0, 0.1) is 18.8 Å². The van der Waals surface area contributed by atoms with Gasteiger partial charge in [0.25, 0.3) is 0 Å². The van der Waals surface area contributed by atoms with Crippen molar-refractivity contribution in [3.63, 3.8) is 0 Å². The minimum absolute atomic E-state index is 0.0728. The molecule has 1 amide bonds. The van der Waals surface area contributed by atoms with E-state index in [0.717, 1.165) is 42.5 Å². The summed E-state index contributed by atoms with van der Waals surface area (Å²) in [6.07, 6.45) is 5.68. The molecule has 1 aromatic carbocycles. The number of sulfone groups is 1. The van der Waals surface area contributed by atoms with E-state index in [1.165, 1.54) is 0 Å². The zero-order valence-electron chi connectivity index (χ0n) is 18.0. The van der Waals surface area contributed by atoms with Crippen molar-refractivity contribution in [2.45, 2.75) is 76.5 Å². The molecule has 4 rings (SSSR count). The number of amides is 1. The van der Waals surface area contributed by atoms with Crippen LogP contribution in [-0.2, 0) is 33.5 Å². The number of rotatable bonds is 9. The number of hydrogen-bond donors (Lipinski definition) is 0. The van der Waals surface area contributed by atoms with Crippen molar-refractivity contribution in [2.24, 2.45) is 11.8 Å². The maximum absolute atomic E-state index is 13.2. The molecule has 2 aromatic rings. The highest BCUT2D eigenvalue weighted by Gasteiger charge is 2.40. The second-order valence-electron chi connectivity index (χ2n) is 9.26. The van der Waals surface area contributed by atoms with Gasteiger partial charge in [-0.15, -0.1) is 0 Å². The number of benzene rings is 1. The lowest BCUT2D eigenvalue weighted by molar-refractivity contribution is -0.133. The molecular weight excluding hydrogens is 398 g/mol. The molecule has 0 aliphatic heterocycles. The van der Waals surface area contributed by atoms with Crippen LogP contribution < -0.4 is 0 Å². The van der Waals surface area contributed by atoms with Gasteiger partial charge in [0.15, 0.2) is 0 Å². The maximum Gasteiger partial charge on any atom is 0.228 e. The molecule has 0 unspecified atom stereocenters. The fourth-order valence-electron chi connectivity index (χ4n) is 3.93. The zero-order valence-corrected chi connectivity index (χ0v) is 18.9. The second-order valence-corrected chi connectivity index (χ2v) is 11.1. The predicted octanol–water partition coefficient (Wildman–Crippen LogP) is 3.72. The van der Waals surface area contributed by atoms with Crippen molar-refractivity contribution >= 4 is 15.7 Å². The Bertz CT molecular complexity index is 1030. The summed E-state index contributed by atoms with van der Waals surface area (Å²) in [4.78, 5) is 19.1. The molecule has 2 aliphatic rings. The van der Waals surface area contributed by atoms with Crippen LogP contribution >= 0.6 is 0 Å². The summed E-state index contributed by atoms with van der Waals surface area (Å²) >= 11 is 0. The summed E-state index contributed by atoms with van der Waals surface area (Å²) in [7, 11) is -3.60. The van der Waals surface area contributed by atoms with Crippen molar-refractivity contribution in [3.8, 4) is 0 Å². The highest BCUT2D eigenvalue weighted by molar-refractivity contribution is 7.90. The van der Waals surface area contributed by atoms with Crippen LogP contribution in [0.4, 0.5) is 0 Å². The number of aryl methyl sites for hydroxylation is 1. The summed E-state index contributed by atoms with van der Waals surface area (Å²) in [6, 6.07) is 7.87. The number of carbonyl (C=O) groups excluding carboxylic acids is 1. The fraction of sp³-hybridized carbons (Fsp3) is 0.565. The minimum atomic E-state index is -3.60. The summed E-state index contributed by atoms with van der Waals surface area (Å²) in [5, 5.41) is 0.113. The van der Waals surface area contributed by atoms with Crippen molar-refractivity contribution in [1.29, 1.82) is 0 Å². The molecule has 0 N–H and O–H groups in total. The predicted molar refractivity (Wildman–Crippen MR) is 115 cm³/mol. The lowest BCUT2D eigenvalue weighted by atomic mass is 10.2. The SMILES string of the molecule is Cc1cccc(CS(=O)(=O)c2ncc(CN(C(=O)C3CC3)C3CC3)n2CC(C)C)c1. The van der Waals surface area contributed by atoms with E-state index in [1.807, 2.05) is 40.7 Å². The highest BCUT2D eigenvalue weighted by Crippen LogP contribution is 2.37. The number of carbonyl (C=O) groups is 1. The van der Waals surface area contributed by atoms with Gasteiger partial charge < -0.3 is 9.47 Å². The van der Waals surface area contributed by atoms with Crippen molar-refractivity contribution in [2.75, 3.05) is 0 Å². The first kappa shape index (κ1) is 21.1. The van der Waals surface area contributed by atoms with E-state index < -0.39 is 9.84 Å². The first-order valence-corrected chi connectivity index (χ1v) is 12.5. The van der Waals surface area contributed by atoms with Crippen LogP contribution in [0.5, 0.6) is 0 Å². The van der Waals surface area contributed by atoms with E-state index in [1.54, 1.807) is 6.20 Å². The smallest absolute Gasteiger partial charge is 0.228 e. The Morgan fingerprint density at radius 1 is 1.23 bits per heavy atom. The Labute approximate surface area is 179 Å². The van der Waals surface area contributed by atoms with E-state index in [9.17, 15) is 13.2 Å². The monoisotopic (exact) mass is 429 g/mol. The Kier molecular flexibility index (Phi) is 5.75. The third-order valence-electron chi connectivity index (χ3n) is 5.70. The van der Waals surface area contributed by atoms with Gasteiger partial charge in [0.2, 0.25) is 20.9 Å². The maximum atomic E-state index is 13.2. The molecule has 1 heterocycles. The van der Waals surface area contributed by atoms with E-state index in [2.05, 4.69) is 18.8 Å². The van der Waals surface area contributed by atoms with Gasteiger partial charge in [-0.25, -0.2) is 13.4 Å². The molecule has 0 radical (unpaired) electrons. The summed E-state index contributed by atoms with van der Waals surface area (Å²) in [5.74, 6) is 0.575. The Hall–Kier alpha value is -2.15. The van der Waals surface area contributed by atoms with Gasteiger partial charge in [-0.3, -0.25) is 4.79 Å². The van der Waals surface area contributed by atoms with E-state index in [4.69, 9.17) is 0 Å². The molecule has 2 fully saturated rings. The quantitative estimate of drug-likeness (QED) is 0.609. The van der Waals surface area contributed by atoms with Crippen LogP contribution in [-0.4, -0.2) is 34.8 Å². The molecular formula is C23H31N3O3S. The summed E-state index contributed by atoms with van der Waals surface area (Å²) < 4.78 is 28.3. The average Bonchev–Trinajstić information content (AvgIpc) is 3.57. The molecule has 6 nitrogen and oxygen atoms in total. The van der Waals surface area contributed by atoms with Crippen LogP contribution in [0.15, 0.2) is 35.6 Å². The zero-order chi connectivity index (χ0) is 21.5. The van der Waals surface area contributed by atoms with Crippen molar-refractivity contribution in [1.82, 2.24) is 14.5 Å². The van der Waals surface area contributed by atoms with Gasteiger partial charge in [-0.1, -0.05) is 43.7 Å². The Balaban J connectivity index is 1.63. The van der Waals surface area contributed by atoms with Crippen LogP contribution in [0.1, 0.15) is 56.4 Å². The molecule has 0 atom stereocenters. The molecule has 30 heavy (non-hydrogen) atoms. The highest BCUT2D eigenvalue weighted by atomic mass is 32.2. The van der Waals surface area contributed by atoms with Gasteiger partial charge in [-0.05, 0) is 44.1 Å². The summed E-state index contributed by atoms with van der Waals surface area (Å²) in [6.45, 7) is 7.09. The van der Waals surface area contributed by atoms with Gasteiger partial charge in [0.05, 0.1) is 24.2 Å². The molecule has 2 aliphatic carbocycles. The van der Waals surface area contributed by atoms with Gasteiger partial charge in [0.1, 0.15) is 0 Å². The third kappa shape index (κ3) is 4.77. The minimum Gasteiger partial charge on any atom is -0.334 e. The first-order chi connectivity index (χ1) is 14.2. The lowest BCUT2D eigenvalue weighted by Crippen LogP contribution is -2.34. The molecule has 0 spiro atoms. The normalized spacial score (nSPS) is 16.8. The van der Waals surface area contributed by atoms with Crippen molar-refractivity contribution in [3.05, 3.63) is 47.3 Å². The van der Waals surface area contributed by atoms with Gasteiger partial charge >= 0.3 is 0 Å². The molecule has 2 saturated carbocycles. The summed E-state index contributed by atoms with van der Waals surface area (Å²) in [5.41, 5.74) is 2.61. The molecule has 0 bridgehead atoms. The van der Waals surface area contributed by atoms with Gasteiger partial charge in [-0.2, -0.15) is 0 Å². The number of imidazole rings is 1. The van der Waals surface area contributed by atoms with E-state index in [0.29, 0.717) is 19.1 Å². The van der Waals surface area contributed by atoms with Crippen molar-refractivity contribution < 1.29 is 13.2 Å². The number of hydrogen-bond acceptors (Lipinski definition) is 4. The van der Waals surface area contributed by atoms with Gasteiger partial charge in [0, 0.05) is 18.5 Å². The van der Waals surface area contributed by atoms with Crippen LogP contribution in [0.3, 0.4) is 0 Å². The second kappa shape index (κ2) is 8.17. The molecule has 1 aromatic heterocycles. The fourth-order valence-corrected chi connectivity index (χ4v) is 5.41. The Morgan fingerprint density at radius 3 is 2.57 bits per heavy atom. The standard InChI is InChI=1S/C23H31N3O3S/c1-16(2)13-26-21(14-25(20-9-10-20)22(27)19-7-8-19)12-24-23(26)30(28,29)15-18-6-4-5-17(3)11-18/h4-6,11-12,16,19-20H,7-10,13-15H2,1-3H3. The topological polar surface area (TPSA) is 72.3 Å². The molecule has 0 saturated heterocycles. The number of aromatic nitrogens is 2. The van der Waals surface area contributed by atoms with E-state index in [-0.39, 0.29) is 28.7 Å². The first-order valence-electron chi connectivity index (χ1n) is 10.9. The number of nitrogens with zero attached hydrogens (tertiary/aromatic N) is 3. The molecule has 162 valence electrons. The van der Waals surface area contributed by atoms with E-state index >= 15 is 0 Å². The largest absolute Gasteiger partial charge is 0.334 e. The van der Waals surface area contributed by atoms with Crippen LogP contribution in [0.2, 0.25) is 0 Å². The average molecular weight is 430 g/mol. The van der Waals surface area contributed by atoms with Crippen LogP contribution in [0.25, 0.3) is 0 Å². The Morgan fingerprint density at radius 2 is 1.97 bits per heavy atom.